The molecule has 4 aromatic rings. The molecule has 0 amide bonds. The van der Waals surface area contributed by atoms with Gasteiger partial charge in [0.05, 0.1) is 21.2 Å². The number of nitrogens with zero attached hydrogens (tertiary/aromatic N) is 3. The van der Waals surface area contributed by atoms with Crippen molar-refractivity contribution in [2.45, 2.75) is 70.4 Å². The molecule has 1 aliphatic heterocycles. The summed E-state index contributed by atoms with van der Waals surface area (Å²) >= 11 is 0. The third-order valence-electron chi connectivity index (χ3n) is 7.81. The Kier molecular flexibility index (Phi) is 7.35. The Bertz CT molecular complexity index is 1640. The molecule has 1 aliphatic rings. The van der Waals surface area contributed by atoms with E-state index in [2.05, 4.69) is 58.0 Å². The maximum absolute atomic E-state index is 13.1. The molecule has 2 aromatic heterocycles. The molecule has 0 radical (unpaired) electrons. The van der Waals surface area contributed by atoms with Crippen LogP contribution in [0.3, 0.4) is 0 Å². The van der Waals surface area contributed by atoms with Crippen LogP contribution in [0.4, 0.5) is 23.1 Å². The highest BCUT2D eigenvalue weighted by Gasteiger charge is 2.25. The Hall–Kier alpha value is -3.50. The van der Waals surface area contributed by atoms with Gasteiger partial charge >= 0.3 is 0 Å². The monoisotopic (exact) mass is 547 g/mol. The summed E-state index contributed by atoms with van der Waals surface area (Å²) in [5.74, 6) is 1.44. The Labute approximate surface area is 230 Å². The van der Waals surface area contributed by atoms with Gasteiger partial charge in [-0.2, -0.15) is 15.1 Å². The Morgan fingerprint density at radius 2 is 1.67 bits per heavy atom. The van der Waals surface area contributed by atoms with E-state index in [0.717, 1.165) is 37.3 Å². The van der Waals surface area contributed by atoms with E-state index in [-0.39, 0.29) is 4.90 Å². The van der Waals surface area contributed by atoms with Crippen molar-refractivity contribution in [3.8, 4) is 0 Å². The average Bonchev–Trinajstić information content (AvgIpc) is 3.28. The Morgan fingerprint density at radius 1 is 0.949 bits per heavy atom. The lowest BCUT2D eigenvalue weighted by Crippen LogP contribution is -2.27. The number of hydrogen-bond donors (Lipinski definition) is 4. The van der Waals surface area contributed by atoms with E-state index < -0.39 is 15.1 Å². The summed E-state index contributed by atoms with van der Waals surface area (Å²) in [6.45, 7) is 13.9. The van der Waals surface area contributed by atoms with Crippen LogP contribution in [0, 0.1) is 27.7 Å². The minimum Gasteiger partial charge on any atom is -0.338 e. The molecule has 5 rings (SSSR count). The molecule has 1 saturated heterocycles. The van der Waals surface area contributed by atoms with Gasteiger partial charge in [-0.3, -0.25) is 5.10 Å². The minimum atomic E-state index is -3.51. The highest BCUT2D eigenvalue weighted by Crippen LogP contribution is 2.37. The van der Waals surface area contributed by atoms with Crippen LogP contribution in [0.2, 0.25) is 0 Å². The highest BCUT2D eigenvalue weighted by molar-refractivity contribution is 7.92. The maximum Gasteiger partial charge on any atom is 0.231 e. The maximum atomic E-state index is 13.1. The Balaban J connectivity index is 1.55. The molecule has 39 heavy (non-hydrogen) atoms. The van der Waals surface area contributed by atoms with Crippen molar-refractivity contribution in [3.05, 3.63) is 58.3 Å². The van der Waals surface area contributed by atoms with Crippen molar-refractivity contribution in [1.82, 2.24) is 25.5 Å². The van der Waals surface area contributed by atoms with Crippen molar-refractivity contribution < 1.29 is 8.42 Å². The van der Waals surface area contributed by atoms with Gasteiger partial charge in [-0.25, -0.2) is 8.42 Å². The zero-order chi connectivity index (χ0) is 27.9. The number of aromatic amines is 1. The molecule has 4 N–H and O–H groups in total. The SMILES string of the molecule is Cc1cc(Nc2nc(Nc3ccccc3S(=O)(=O)C(C)C)c3c(C)[nH]nc3n2)c(C)c(C)c1C1CCNCC1. The van der Waals surface area contributed by atoms with Crippen LogP contribution in [0.5, 0.6) is 0 Å². The lowest BCUT2D eigenvalue weighted by atomic mass is 9.82. The lowest BCUT2D eigenvalue weighted by Gasteiger charge is -2.28. The second-order valence-electron chi connectivity index (χ2n) is 10.7. The molecule has 9 nitrogen and oxygen atoms in total. The Morgan fingerprint density at radius 3 is 2.38 bits per heavy atom. The molecule has 3 heterocycles. The number of benzene rings is 2. The van der Waals surface area contributed by atoms with Gasteiger partial charge in [0, 0.05) is 11.4 Å². The van der Waals surface area contributed by atoms with Gasteiger partial charge < -0.3 is 16.0 Å². The minimum absolute atomic E-state index is 0.234. The fraction of sp³-hybridized carbons (Fsp3) is 0.414. The first kappa shape index (κ1) is 27.1. The predicted octanol–water partition coefficient (Wildman–Crippen LogP) is 5.72. The number of sulfone groups is 1. The van der Waals surface area contributed by atoms with Crippen LogP contribution in [0.25, 0.3) is 11.0 Å². The second-order valence-corrected chi connectivity index (χ2v) is 13.2. The molecular weight excluding hydrogens is 510 g/mol. The normalized spacial score (nSPS) is 14.7. The first-order valence-corrected chi connectivity index (χ1v) is 15.0. The van der Waals surface area contributed by atoms with Crippen molar-refractivity contribution in [2.24, 2.45) is 0 Å². The molecule has 1 fully saturated rings. The van der Waals surface area contributed by atoms with Crippen molar-refractivity contribution >= 4 is 44.0 Å². The molecule has 10 heteroatoms. The van der Waals surface area contributed by atoms with E-state index in [1.807, 2.05) is 6.92 Å². The summed E-state index contributed by atoms with van der Waals surface area (Å²) in [5.41, 5.74) is 7.87. The quantitative estimate of drug-likeness (QED) is 0.231. The van der Waals surface area contributed by atoms with Crippen LogP contribution < -0.4 is 16.0 Å². The molecule has 0 unspecified atom stereocenters. The van der Waals surface area contributed by atoms with Crippen molar-refractivity contribution in [3.63, 3.8) is 0 Å². The van der Waals surface area contributed by atoms with Gasteiger partial charge in [-0.05, 0) is 114 Å². The molecule has 2 aromatic carbocycles. The number of para-hydroxylation sites is 1. The van der Waals surface area contributed by atoms with Gasteiger partial charge in [0.2, 0.25) is 5.95 Å². The fourth-order valence-electron chi connectivity index (χ4n) is 5.51. The first-order chi connectivity index (χ1) is 18.6. The topological polar surface area (TPSA) is 125 Å². The molecule has 0 saturated carbocycles. The molecule has 0 atom stereocenters. The predicted molar refractivity (Wildman–Crippen MR) is 157 cm³/mol. The van der Waals surface area contributed by atoms with Crippen LogP contribution in [-0.2, 0) is 9.84 Å². The molecule has 0 spiro atoms. The lowest BCUT2D eigenvalue weighted by molar-refractivity contribution is 0.458. The summed E-state index contributed by atoms with van der Waals surface area (Å²) in [7, 11) is -3.51. The number of rotatable bonds is 7. The molecule has 206 valence electrons. The van der Waals surface area contributed by atoms with Gasteiger partial charge in [0.25, 0.3) is 0 Å². The van der Waals surface area contributed by atoms with E-state index in [4.69, 9.17) is 4.98 Å². The summed E-state index contributed by atoms with van der Waals surface area (Å²) in [5, 5.41) is 17.7. The number of H-pyrrole nitrogens is 1. The number of nitrogens with one attached hydrogen (secondary N) is 4. The van der Waals surface area contributed by atoms with Crippen LogP contribution in [-0.4, -0.2) is 46.9 Å². The van der Waals surface area contributed by atoms with Crippen molar-refractivity contribution in [1.29, 1.82) is 0 Å². The summed E-state index contributed by atoms with van der Waals surface area (Å²) in [6, 6.07) is 9.09. The molecule has 0 aliphatic carbocycles. The van der Waals surface area contributed by atoms with Crippen LogP contribution in [0.15, 0.2) is 35.2 Å². The number of aryl methyl sites for hydroxylation is 2. The standard InChI is InChI=1S/C29H37N7O2S/c1-16(2)39(37,38)24-10-8-7-9-22(24)31-27-26-20(6)35-36-28(26)34-29(33-27)32-23-15-17(3)25(19(5)18(23)4)21-11-13-30-14-12-21/h7-10,15-16,21,30H,11-14H2,1-6H3,(H3,31,32,33,34,35,36). The molecular formula is C29H37N7O2S. The van der Waals surface area contributed by atoms with Gasteiger partial charge in [-0.1, -0.05) is 12.1 Å². The van der Waals surface area contributed by atoms with E-state index in [1.54, 1.807) is 38.1 Å². The van der Waals surface area contributed by atoms with Crippen LogP contribution in [0.1, 0.15) is 60.6 Å². The number of aromatic nitrogens is 4. The zero-order valence-electron chi connectivity index (χ0n) is 23.4. The average molecular weight is 548 g/mol. The second kappa shape index (κ2) is 10.6. The smallest absolute Gasteiger partial charge is 0.231 e. The highest BCUT2D eigenvalue weighted by atomic mass is 32.2. The van der Waals surface area contributed by atoms with E-state index in [0.29, 0.717) is 34.4 Å². The number of piperidine rings is 1. The summed E-state index contributed by atoms with van der Waals surface area (Å²) in [4.78, 5) is 9.72. The largest absolute Gasteiger partial charge is 0.338 e. The number of anilines is 4. The molecule has 0 bridgehead atoms. The summed E-state index contributed by atoms with van der Waals surface area (Å²) < 4.78 is 26.1. The first-order valence-electron chi connectivity index (χ1n) is 13.5. The fourth-order valence-corrected chi connectivity index (χ4v) is 6.71. The van der Waals surface area contributed by atoms with E-state index in [9.17, 15) is 8.42 Å². The number of hydrogen-bond acceptors (Lipinski definition) is 8. The van der Waals surface area contributed by atoms with Gasteiger partial charge in [0.1, 0.15) is 5.82 Å². The van der Waals surface area contributed by atoms with E-state index in [1.165, 1.54) is 22.3 Å². The van der Waals surface area contributed by atoms with Crippen LogP contribution >= 0.6 is 0 Å². The van der Waals surface area contributed by atoms with Crippen molar-refractivity contribution in [2.75, 3.05) is 23.7 Å². The summed E-state index contributed by atoms with van der Waals surface area (Å²) in [6.07, 6.45) is 2.30. The third-order valence-corrected chi connectivity index (χ3v) is 10.0. The van der Waals surface area contributed by atoms with E-state index >= 15 is 0 Å². The zero-order valence-corrected chi connectivity index (χ0v) is 24.3. The van der Waals surface area contributed by atoms with Gasteiger partial charge in [-0.15, -0.1) is 0 Å². The van der Waals surface area contributed by atoms with Gasteiger partial charge in [0.15, 0.2) is 15.5 Å². The third kappa shape index (κ3) is 5.10. The number of fused-ring (bicyclic) bond motifs is 1.